The van der Waals surface area contributed by atoms with Crippen LogP contribution in [-0.2, 0) is 11.2 Å². The molecule has 0 saturated carbocycles. The molecule has 43 heavy (non-hydrogen) atoms. The minimum Gasteiger partial charge on any atom is -0.436 e. The molecule has 0 radical (unpaired) electrons. The maximum absolute atomic E-state index is 14.8. The molecule has 0 bridgehead atoms. The Morgan fingerprint density at radius 1 is 0.884 bits per heavy atom. The first-order valence-electron chi connectivity index (χ1n) is 14.0. The quantitative estimate of drug-likeness (QED) is 0.314. The van der Waals surface area contributed by atoms with Gasteiger partial charge >= 0.3 is 6.03 Å². The zero-order valence-electron chi connectivity index (χ0n) is 23.4. The van der Waals surface area contributed by atoms with Crippen LogP contribution in [0.2, 0.25) is 0 Å². The number of rotatable bonds is 9. The number of halogens is 2. The van der Waals surface area contributed by atoms with Gasteiger partial charge in [0.05, 0.1) is 6.42 Å². The van der Waals surface area contributed by atoms with Gasteiger partial charge in [-0.15, -0.1) is 0 Å². The number of ether oxygens (including phenoxy) is 1. The van der Waals surface area contributed by atoms with Crippen LogP contribution >= 0.6 is 12.2 Å². The molecule has 0 aliphatic carbocycles. The van der Waals surface area contributed by atoms with Crippen LogP contribution in [0, 0.1) is 11.6 Å². The van der Waals surface area contributed by atoms with Crippen LogP contribution in [0.4, 0.5) is 25.1 Å². The number of thiocarbonyl (C=S) groups is 1. The number of carbonyl (C=O) groups excluding carboxylic acids is 2. The van der Waals surface area contributed by atoms with E-state index >= 15 is 0 Å². The number of amides is 3. The summed E-state index contributed by atoms with van der Waals surface area (Å²) in [6.07, 6.45) is 2.50. The second kappa shape index (κ2) is 14.3. The summed E-state index contributed by atoms with van der Waals surface area (Å²) in [5.74, 6) is -1.34. The molecule has 11 nitrogen and oxygen atoms in total. The molecule has 2 aliphatic rings. The summed E-state index contributed by atoms with van der Waals surface area (Å²) in [6.45, 7) is 7.31. The van der Waals surface area contributed by atoms with Crippen molar-refractivity contribution < 1.29 is 23.1 Å². The highest BCUT2D eigenvalue weighted by atomic mass is 32.1. The van der Waals surface area contributed by atoms with Crippen LogP contribution < -0.4 is 20.7 Å². The number of likely N-dealkylation sites (tertiary alicyclic amines) is 1. The van der Waals surface area contributed by atoms with E-state index in [1.807, 2.05) is 0 Å². The lowest BCUT2D eigenvalue weighted by Gasteiger charge is -2.37. The topological polar surface area (TPSA) is 115 Å². The van der Waals surface area contributed by atoms with Crippen LogP contribution in [-0.4, -0.2) is 94.1 Å². The predicted molar refractivity (Wildman–Crippen MR) is 161 cm³/mol. The number of hydrogen-bond donors (Lipinski definition) is 3. The lowest BCUT2D eigenvalue weighted by molar-refractivity contribution is -0.119. The van der Waals surface area contributed by atoms with E-state index in [0.29, 0.717) is 18.7 Å². The summed E-state index contributed by atoms with van der Waals surface area (Å²) in [5.41, 5.74) is 0.904. The second-order valence-corrected chi connectivity index (χ2v) is 10.7. The van der Waals surface area contributed by atoms with Crippen molar-refractivity contribution in [3.63, 3.8) is 0 Å². The Bertz CT molecular complexity index is 1450. The van der Waals surface area contributed by atoms with Crippen LogP contribution in [0.25, 0.3) is 0 Å². The molecule has 3 aromatic rings. The fraction of sp³-hybridized carbons (Fsp3) is 0.345. The monoisotopic (exact) mass is 610 g/mol. The number of hydrogen-bond acceptors (Lipinski definition) is 8. The van der Waals surface area contributed by atoms with Crippen molar-refractivity contribution in [1.29, 1.82) is 0 Å². The average Bonchev–Trinajstić information content (AvgIpc) is 2.95. The van der Waals surface area contributed by atoms with E-state index < -0.39 is 17.5 Å². The normalized spacial score (nSPS) is 15.3. The van der Waals surface area contributed by atoms with E-state index in [1.54, 1.807) is 4.90 Å². The number of anilines is 2. The first-order chi connectivity index (χ1) is 20.8. The van der Waals surface area contributed by atoms with Crippen LogP contribution in [0.1, 0.15) is 12.0 Å². The molecule has 3 N–H and O–H groups in total. The number of piperazine rings is 1. The summed E-state index contributed by atoms with van der Waals surface area (Å²) in [6, 6.07) is 10.7. The van der Waals surface area contributed by atoms with Crippen LogP contribution in [0.3, 0.4) is 0 Å². The Morgan fingerprint density at radius 3 is 2.28 bits per heavy atom. The maximum atomic E-state index is 14.8. The molecule has 2 saturated heterocycles. The van der Waals surface area contributed by atoms with Crippen LogP contribution in [0.5, 0.6) is 11.6 Å². The fourth-order valence-corrected chi connectivity index (χ4v) is 4.84. The Morgan fingerprint density at radius 2 is 1.60 bits per heavy atom. The first kappa shape index (κ1) is 30.2. The van der Waals surface area contributed by atoms with E-state index in [-0.39, 0.29) is 40.7 Å². The van der Waals surface area contributed by atoms with Crippen molar-refractivity contribution in [1.82, 2.24) is 30.0 Å². The molecule has 2 fully saturated rings. The van der Waals surface area contributed by atoms with Crippen molar-refractivity contribution in [2.75, 3.05) is 63.0 Å². The largest absolute Gasteiger partial charge is 0.436 e. The van der Waals surface area contributed by atoms with Gasteiger partial charge in [-0.3, -0.25) is 15.0 Å². The summed E-state index contributed by atoms with van der Waals surface area (Å²) < 4.78 is 33.5. The van der Waals surface area contributed by atoms with E-state index in [1.165, 1.54) is 68.3 Å². The molecule has 2 aliphatic heterocycles. The summed E-state index contributed by atoms with van der Waals surface area (Å²) in [7, 11) is 0. The SMILES string of the molecule is O=C(Cc1ccc(F)cc1)NC(=S)Nc1ccc(Oc2cc(NC(=O)N3CCN(CCN4CCC4)CC3)ncn2)c(F)c1. The van der Waals surface area contributed by atoms with Gasteiger partial charge in [-0.05, 0) is 61.6 Å². The molecule has 0 atom stereocenters. The van der Waals surface area contributed by atoms with Gasteiger partial charge in [-0.25, -0.2) is 23.5 Å². The highest BCUT2D eigenvalue weighted by molar-refractivity contribution is 7.80. The van der Waals surface area contributed by atoms with Crippen molar-refractivity contribution in [3.8, 4) is 11.6 Å². The number of urea groups is 1. The summed E-state index contributed by atoms with van der Waals surface area (Å²) in [4.78, 5) is 39.6. The summed E-state index contributed by atoms with van der Waals surface area (Å²) in [5, 5.41) is 7.98. The fourth-order valence-electron chi connectivity index (χ4n) is 4.61. The Hall–Kier alpha value is -4.27. The van der Waals surface area contributed by atoms with E-state index in [4.69, 9.17) is 17.0 Å². The van der Waals surface area contributed by atoms with Gasteiger partial charge in [0.15, 0.2) is 16.7 Å². The van der Waals surface area contributed by atoms with Gasteiger partial charge in [-0.1, -0.05) is 12.1 Å². The second-order valence-electron chi connectivity index (χ2n) is 10.2. The molecule has 5 rings (SSSR count). The standard InChI is InChI=1S/C29H32F2N8O3S/c30-21-4-2-20(3-5-21)16-26(40)36-28(43)34-22-6-7-24(23(31)17-22)42-27-18-25(32-19-33-27)35-29(41)39-14-12-38(13-15-39)11-10-37-8-1-9-37/h2-7,17-19H,1,8-16H2,(H,32,33,35,41)(H2,34,36,40,43). The Kier molecular flexibility index (Phi) is 10.0. The molecule has 2 aromatic carbocycles. The first-order valence-corrected chi connectivity index (χ1v) is 14.4. The smallest absolute Gasteiger partial charge is 0.323 e. The Balaban J connectivity index is 1.08. The minimum absolute atomic E-state index is 0.000206. The molecule has 1 aromatic heterocycles. The predicted octanol–water partition coefficient (Wildman–Crippen LogP) is 3.46. The van der Waals surface area contributed by atoms with Gasteiger partial charge in [0.1, 0.15) is 18.0 Å². The van der Waals surface area contributed by atoms with Gasteiger partial charge in [0.2, 0.25) is 11.8 Å². The number of benzene rings is 2. The molecule has 3 amide bonds. The molecule has 14 heteroatoms. The zero-order valence-corrected chi connectivity index (χ0v) is 24.2. The third-order valence-corrected chi connectivity index (χ3v) is 7.36. The van der Waals surface area contributed by atoms with Gasteiger partial charge < -0.3 is 25.2 Å². The molecular weight excluding hydrogens is 578 g/mol. The molecular formula is C29H32F2N8O3S. The van der Waals surface area contributed by atoms with E-state index in [9.17, 15) is 18.4 Å². The number of nitrogens with one attached hydrogen (secondary N) is 3. The van der Waals surface area contributed by atoms with Crippen molar-refractivity contribution >= 4 is 40.8 Å². The third kappa shape index (κ3) is 8.86. The molecule has 226 valence electrons. The summed E-state index contributed by atoms with van der Waals surface area (Å²) >= 11 is 5.14. The van der Waals surface area contributed by atoms with Crippen LogP contribution in [0.15, 0.2) is 54.9 Å². The van der Waals surface area contributed by atoms with Gasteiger partial charge in [0.25, 0.3) is 0 Å². The highest BCUT2D eigenvalue weighted by Crippen LogP contribution is 2.26. The number of carbonyl (C=O) groups is 2. The molecule has 0 unspecified atom stereocenters. The Labute approximate surface area is 253 Å². The zero-order chi connectivity index (χ0) is 30.2. The third-order valence-electron chi connectivity index (χ3n) is 7.15. The average molecular weight is 611 g/mol. The molecule has 0 spiro atoms. The maximum Gasteiger partial charge on any atom is 0.323 e. The van der Waals surface area contributed by atoms with E-state index in [2.05, 4.69) is 35.7 Å². The lowest BCUT2D eigenvalue weighted by Crippen LogP contribution is -2.52. The van der Waals surface area contributed by atoms with Crippen molar-refractivity contribution in [2.45, 2.75) is 12.8 Å². The molecule has 3 heterocycles. The lowest BCUT2D eigenvalue weighted by atomic mass is 10.1. The number of nitrogens with zero attached hydrogens (tertiary/aromatic N) is 5. The van der Waals surface area contributed by atoms with Crippen molar-refractivity contribution in [3.05, 3.63) is 72.1 Å². The minimum atomic E-state index is -0.707. The highest BCUT2D eigenvalue weighted by Gasteiger charge is 2.23. The van der Waals surface area contributed by atoms with Crippen molar-refractivity contribution in [2.24, 2.45) is 0 Å². The van der Waals surface area contributed by atoms with E-state index in [0.717, 1.165) is 32.2 Å². The van der Waals surface area contributed by atoms with Gasteiger partial charge in [0, 0.05) is 57.1 Å². The number of aromatic nitrogens is 2. The van der Waals surface area contributed by atoms with Gasteiger partial charge in [-0.2, -0.15) is 0 Å².